The molecule has 0 spiro atoms. The molecule has 16 heavy (non-hydrogen) atoms. The third-order valence-corrected chi connectivity index (χ3v) is 4.24. The van der Waals surface area contributed by atoms with E-state index >= 15 is 0 Å². The summed E-state index contributed by atoms with van der Waals surface area (Å²) in [6, 6.07) is 0.652. The van der Waals surface area contributed by atoms with Gasteiger partial charge in [-0.1, -0.05) is 12.8 Å². The van der Waals surface area contributed by atoms with E-state index in [1.165, 1.54) is 38.5 Å². The molecule has 92 valence electrons. The Morgan fingerprint density at radius 2 is 1.94 bits per heavy atom. The lowest BCUT2D eigenvalue weighted by molar-refractivity contribution is 0.161. The van der Waals surface area contributed by atoms with Crippen molar-refractivity contribution in [2.75, 3.05) is 20.6 Å². The van der Waals surface area contributed by atoms with Gasteiger partial charge in [-0.2, -0.15) is 0 Å². The highest BCUT2D eigenvalue weighted by molar-refractivity contribution is 7.80. The molecule has 0 aromatic heterocycles. The highest BCUT2D eigenvalue weighted by atomic mass is 32.1. The summed E-state index contributed by atoms with van der Waals surface area (Å²) in [6.45, 7) is 0.985. The van der Waals surface area contributed by atoms with Crippen LogP contribution in [0.5, 0.6) is 0 Å². The summed E-state index contributed by atoms with van der Waals surface area (Å²) >= 11 is 5.30. The van der Waals surface area contributed by atoms with Gasteiger partial charge < -0.3 is 15.5 Å². The van der Waals surface area contributed by atoms with E-state index in [0.29, 0.717) is 11.6 Å². The summed E-state index contributed by atoms with van der Waals surface area (Å²) in [5.74, 6) is 0. The van der Waals surface area contributed by atoms with Crippen LogP contribution < -0.4 is 10.6 Å². The molecule has 0 saturated heterocycles. The predicted molar refractivity (Wildman–Crippen MR) is 71.6 cm³/mol. The van der Waals surface area contributed by atoms with Crippen LogP contribution in [0.15, 0.2) is 0 Å². The molecule has 2 saturated carbocycles. The quantitative estimate of drug-likeness (QED) is 0.729. The third kappa shape index (κ3) is 2.86. The molecule has 0 atom stereocenters. The van der Waals surface area contributed by atoms with Crippen molar-refractivity contribution in [3.05, 3.63) is 0 Å². The molecule has 0 bridgehead atoms. The maximum atomic E-state index is 5.30. The summed E-state index contributed by atoms with van der Waals surface area (Å²) in [5, 5.41) is 7.58. The molecule has 3 nitrogen and oxygen atoms in total. The van der Waals surface area contributed by atoms with Crippen molar-refractivity contribution in [1.82, 2.24) is 15.5 Å². The van der Waals surface area contributed by atoms with Gasteiger partial charge in [-0.15, -0.1) is 0 Å². The van der Waals surface area contributed by atoms with Gasteiger partial charge in [-0.3, -0.25) is 0 Å². The van der Waals surface area contributed by atoms with Crippen LogP contribution in [-0.4, -0.2) is 42.2 Å². The first-order chi connectivity index (χ1) is 7.62. The fourth-order valence-corrected chi connectivity index (χ4v) is 2.76. The summed E-state index contributed by atoms with van der Waals surface area (Å²) in [7, 11) is 4.37. The zero-order valence-corrected chi connectivity index (χ0v) is 11.2. The van der Waals surface area contributed by atoms with Crippen molar-refractivity contribution in [2.24, 2.45) is 0 Å². The topological polar surface area (TPSA) is 27.3 Å². The molecule has 2 rings (SSSR count). The average molecular weight is 241 g/mol. The van der Waals surface area contributed by atoms with Crippen molar-refractivity contribution in [3.63, 3.8) is 0 Å². The Morgan fingerprint density at radius 1 is 1.31 bits per heavy atom. The van der Waals surface area contributed by atoms with E-state index in [2.05, 4.69) is 29.6 Å². The molecular weight excluding hydrogens is 218 g/mol. The third-order valence-electron chi connectivity index (χ3n) is 3.97. The monoisotopic (exact) mass is 241 g/mol. The van der Waals surface area contributed by atoms with Gasteiger partial charge in [0.2, 0.25) is 0 Å². The summed E-state index contributed by atoms with van der Waals surface area (Å²) in [4.78, 5) is 2.37. The lowest BCUT2D eigenvalue weighted by atomic mass is 9.96. The molecule has 0 aromatic rings. The fraction of sp³-hybridized carbons (Fsp3) is 0.917. The number of hydrogen-bond acceptors (Lipinski definition) is 2. The van der Waals surface area contributed by atoms with E-state index in [1.807, 2.05) is 0 Å². The Balaban J connectivity index is 1.79. The van der Waals surface area contributed by atoms with E-state index in [-0.39, 0.29) is 0 Å². The lowest BCUT2D eigenvalue weighted by Gasteiger charge is -2.36. The highest BCUT2D eigenvalue weighted by Gasteiger charge is 2.36. The van der Waals surface area contributed by atoms with Crippen LogP contribution in [0.2, 0.25) is 0 Å². The molecule has 2 aliphatic carbocycles. The molecule has 0 heterocycles. The average Bonchev–Trinajstić information content (AvgIpc) is 2.92. The Hall–Kier alpha value is -0.350. The number of nitrogens with zero attached hydrogens (tertiary/aromatic N) is 1. The van der Waals surface area contributed by atoms with Crippen LogP contribution in [-0.2, 0) is 0 Å². The summed E-state index contributed by atoms with van der Waals surface area (Å²) in [5.41, 5.74) is 0.329. The second kappa shape index (κ2) is 4.88. The number of likely N-dealkylation sites (N-methyl/N-ethyl adjacent to an activating group) is 1. The predicted octanol–water partition coefficient (Wildman–Crippen LogP) is 1.49. The Morgan fingerprint density at radius 3 is 2.44 bits per heavy atom. The number of hydrogen-bond donors (Lipinski definition) is 2. The molecule has 0 radical (unpaired) electrons. The first kappa shape index (κ1) is 12.1. The van der Waals surface area contributed by atoms with Gasteiger partial charge in [0.15, 0.2) is 5.11 Å². The van der Waals surface area contributed by atoms with Crippen molar-refractivity contribution < 1.29 is 0 Å². The minimum atomic E-state index is 0.329. The van der Waals surface area contributed by atoms with E-state index in [9.17, 15) is 0 Å². The number of nitrogens with one attached hydrogen (secondary N) is 2. The normalized spacial score (nSPS) is 23.4. The number of rotatable bonds is 4. The van der Waals surface area contributed by atoms with Crippen LogP contribution in [0.25, 0.3) is 0 Å². The zero-order valence-electron chi connectivity index (χ0n) is 10.4. The Kier molecular flexibility index (Phi) is 3.70. The van der Waals surface area contributed by atoms with Gasteiger partial charge in [0.05, 0.1) is 0 Å². The number of thiocarbonyl (C=S) groups is 1. The van der Waals surface area contributed by atoms with Crippen molar-refractivity contribution in [2.45, 2.75) is 50.1 Å². The fourth-order valence-electron chi connectivity index (χ4n) is 2.52. The SMILES string of the molecule is CN(C)C1(CNC(=S)NC2CC2)CCCC1. The molecule has 2 fully saturated rings. The zero-order chi connectivity index (χ0) is 11.6. The van der Waals surface area contributed by atoms with Crippen LogP contribution >= 0.6 is 12.2 Å². The molecule has 0 aliphatic heterocycles. The second-order valence-corrected chi connectivity index (χ2v) is 5.84. The van der Waals surface area contributed by atoms with E-state index < -0.39 is 0 Å². The minimum Gasteiger partial charge on any atom is -0.361 e. The first-order valence-corrected chi connectivity index (χ1v) is 6.75. The molecule has 0 unspecified atom stereocenters. The van der Waals surface area contributed by atoms with Gasteiger partial charge in [0.1, 0.15) is 0 Å². The van der Waals surface area contributed by atoms with Gasteiger partial charge in [0.25, 0.3) is 0 Å². The first-order valence-electron chi connectivity index (χ1n) is 6.34. The minimum absolute atomic E-state index is 0.329. The van der Waals surface area contributed by atoms with Gasteiger partial charge >= 0.3 is 0 Å². The van der Waals surface area contributed by atoms with Gasteiger partial charge in [0, 0.05) is 18.1 Å². The highest BCUT2D eigenvalue weighted by Crippen LogP contribution is 2.33. The molecule has 2 N–H and O–H groups in total. The largest absolute Gasteiger partial charge is 0.361 e. The van der Waals surface area contributed by atoms with E-state index in [1.54, 1.807) is 0 Å². The summed E-state index contributed by atoms with van der Waals surface area (Å²) in [6.07, 6.45) is 7.84. The molecule has 0 aromatic carbocycles. The lowest BCUT2D eigenvalue weighted by Crippen LogP contribution is -2.52. The van der Waals surface area contributed by atoms with Crippen LogP contribution in [0, 0.1) is 0 Å². The Labute approximate surface area is 104 Å². The molecule has 0 amide bonds. The van der Waals surface area contributed by atoms with E-state index in [0.717, 1.165) is 11.7 Å². The van der Waals surface area contributed by atoms with Crippen LogP contribution in [0.3, 0.4) is 0 Å². The molecule has 2 aliphatic rings. The van der Waals surface area contributed by atoms with Crippen LogP contribution in [0.4, 0.5) is 0 Å². The van der Waals surface area contributed by atoms with Crippen molar-refractivity contribution in [1.29, 1.82) is 0 Å². The van der Waals surface area contributed by atoms with Crippen molar-refractivity contribution in [3.8, 4) is 0 Å². The standard InChI is InChI=1S/C12H23N3S/c1-15(2)12(7-3-4-8-12)9-13-11(16)14-10-5-6-10/h10H,3-9H2,1-2H3,(H2,13,14,16). The van der Waals surface area contributed by atoms with E-state index in [4.69, 9.17) is 12.2 Å². The van der Waals surface area contributed by atoms with Crippen molar-refractivity contribution >= 4 is 17.3 Å². The molecule has 4 heteroatoms. The Bertz CT molecular complexity index is 255. The maximum Gasteiger partial charge on any atom is 0.166 e. The maximum absolute atomic E-state index is 5.30. The molecular formula is C12H23N3S. The smallest absolute Gasteiger partial charge is 0.166 e. The second-order valence-electron chi connectivity index (χ2n) is 5.43. The van der Waals surface area contributed by atoms with Crippen LogP contribution in [0.1, 0.15) is 38.5 Å². The summed E-state index contributed by atoms with van der Waals surface area (Å²) < 4.78 is 0. The van der Waals surface area contributed by atoms with Gasteiger partial charge in [-0.05, 0) is 52.0 Å². The van der Waals surface area contributed by atoms with Gasteiger partial charge in [-0.25, -0.2) is 0 Å².